The first kappa shape index (κ1) is 14.5. The Hall–Kier alpha value is -2.46. The number of nitrogens with zero attached hydrogens (tertiary/aromatic N) is 6. The van der Waals surface area contributed by atoms with Gasteiger partial charge >= 0.3 is 0 Å². The molecule has 0 aliphatic carbocycles. The number of aryl methyl sites for hydroxylation is 3. The molecule has 0 saturated carbocycles. The van der Waals surface area contributed by atoms with Crippen LogP contribution in [0.15, 0.2) is 12.4 Å². The van der Waals surface area contributed by atoms with E-state index in [-0.39, 0.29) is 6.10 Å². The zero-order valence-corrected chi connectivity index (χ0v) is 12.9. The lowest BCUT2D eigenvalue weighted by molar-refractivity contribution is 0.0321. The molecular weight excluding hydrogens is 280 g/mol. The largest absolute Gasteiger partial charge is 0.367 e. The summed E-state index contributed by atoms with van der Waals surface area (Å²) in [5.41, 5.74) is 3.22. The van der Waals surface area contributed by atoms with Crippen LogP contribution < -0.4 is 4.90 Å². The quantitative estimate of drug-likeness (QED) is 0.831. The molecule has 7 nitrogen and oxygen atoms in total. The highest BCUT2D eigenvalue weighted by atomic mass is 16.5. The van der Waals surface area contributed by atoms with Gasteiger partial charge in [-0.2, -0.15) is 5.26 Å². The molecule has 0 unspecified atom stereocenters. The Balaban J connectivity index is 1.93. The molecule has 1 atom stereocenters. The third-order valence-electron chi connectivity index (χ3n) is 3.86. The van der Waals surface area contributed by atoms with Crippen LogP contribution in [0.25, 0.3) is 0 Å². The maximum atomic E-state index is 9.44. The molecule has 7 heteroatoms. The van der Waals surface area contributed by atoms with E-state index in [1.807, 2.05) is 31.5 Å². The van der Waals surface area contributed by atoms with Gasteiger partial charge in [-0.1, -0.05) is 0 Å². The molecule has 1 aliphatic rings. The standard InChI is InChI=1S/C15H18N6O/c1-10-6-13(12(7-16)11(2)18-10)21-4-5-22-14(8-21)15-19-17-9-20(15)3/h6,9,14H,4-5,8H2,1-3H3/t14-/m0/s1. The molecule has 0 N–H and O–H groups in total. The van der Waals surface area contributed by atoms with Gasteiger partial charge in [0.25, 0.3) is 0 Å². The molecule has 3 rings (SSSR count). The monoisotopic (exact) mass is 298 g/mol. The van der Waals surface area contributed by atoms with Crippen LogP contribution in [-0.2, 0) is 11.8 Å². The highest BCUT2D eigenvalue weighted by molar-refractivity contribution is 5.62. The van der Waals surface area contributed by atoms with Crippen LogP contribution in [0.4, 0.5) is 5.69 Å². The summed E-state index contributed by atoms with van der Waals surface area (Å²) < 4.78 is 7.69. The first-order chi connectivity index (χ1) is 10.6. The van der Waals surface area contributed by atoms with Crippen molar-refractivity contribution in [1.29, 1.82) is 5.26 Å². The Morgan fingerprint density at radius 3 is 2.91 bits per heavy atom. The number of hydrogen-bond acceptors (Lipinski definition) is 6. The number of pyridine rings is 1. The van der Waals surface area contributed by atoms with Crippen molar-refractivity contribution in [3.05, 3.63) is 35.2 Å². The van der Waals surface area contributed by atoms with E-state index in [2.05, 4.69) is 26.2 Å². The Morgan fingerprint density at radius 2 is 2.23 bits per heavy atom. The molecule has 2 aromatic rings. The smallest absolute Gasteiger partial charge is 0.163 e. The van der Waals surface area contributed by atoms with Crippen molar-refractivity contribution in [3.63, 3.8) is 0 Å². The Bertz CT molecular complexity index is 732. The highest BCUT2D eigenvalue weighted by Gasteiger charge is 2.27. The molecule has 0 spiro atoms. The number of nitriles is 1. The minimum atomic E-state index is -0.151. The van der Waals surface area contributed by atoms with Gasteiger partial charge in [0.05, 0.1) is 30.1 Å². The van der Waals surface area contributed by atoms with Crippen LogP contribution in [-0.4, -0.2) is 39.4 Å². The topological polar surface area (TPSA) is 79.9 Å². The number of hydrogen-bond donors (Lipinski definition) is 0. The minimum Gasteiger partial charge on any atom is -0.367 e. The summed E-state index contributed by atoms with van der Waals surface area (Å²) in [7, 11) is 1.90. The van der Waals surface area contributed by atoms with Crippen molar-refractivity contribution in [2.75, 3.05) is 24.6 Å². The second-order valence-corrected chi connectivity index (χ2v) is 5.46. The van der Waals surface area contributed by atoms with E-state index in [0.29, 0.717) is 18.7 Å². The summed E-state index contributed by atoms with van der Waals surface area (Å²) in [6, 6.07) is 4.23. The fourth-order valence-electron chi connectivity index (χ4n) is 2.80. The second-order valence-electron chi connectivity index (χ2n) is 5.46. The number of morpholine rings is 1. The molecule has 114 valence electrons. The van der Waals surface area contributed by atoms with E-state index in [1.165, 1.54) is 0 Å². The first-order valence-corrected chi connectivity index (χ1v) is 7.19. The predicted octanol–water partition coefficient (Wildman–Crippen LogP) is 1.28. The molecule has 1 saturated heterocycles. The van der Waals surface area contributed by atoms with Gasteiger partial charge in [-0.3, -0.25) is 4.98 Å². The van der Waals surface area contributed by atoms with E-state index >= 15 is 0 Å². The zero-order valence-electron chi connectivity index (χ0n) is 12.9. The van der Waals surface area contributed by atoms with Gasteiger partial charge in [-0.15, -0.1) is 10.2 Å². The SMILES string of the molecule is Cc1cc(N2CCO[C@H](c3nncn3C)C2)c(C#N)c(C)n1. The van der Waals surface area contributed by atoms with Crippen molar-refractivity contribution in [1.82, 2.24) is 19.7 Å². The van der Waals surface area contributed by atoms with E-state index < -0.39 is 0 Å². The molecule has 1 aliphatic heterocycles. The minimum absolute atomic E-state index is 0.151. The normalized spacial score (nSPS) is 18.3. The summed E-state index contributed by atoms with van der Waals surface area (Å²) in [4.78, 5) is 6.55. The van der Waals surface area contributed by atoms with Gasteiger partial charge in [-0.25, -0.2) is 0 Å². The average Bonchev–Trinajstić information content (AvgIpc) is 2.93. The molecule has 0 bridgehead atoms. The summed E-state index contributed by atoms with van der Waals surface area (Å²) in [5, 5.41) is 17.5. The van der Waals surface area contributed by atoms with Gasteiger partial charge in [0, 0.05) is 19.3 Å². The van der Waals surface area contributed by atoms with Crippen LogP contribution in [0, 0.1) is 25.2 Å². The van der Waals surface area contributed by atoms with Gasteiger partial charge in [0.15, 0.2) is 5.82 Å². The van der Waals surface area contributed by atoms with Crippen molar-refractivity contribution >= 4 is 5.69 Å². The Labute approximate surface area is 129 Å². The van der Waals surface area contributed by atoms with E-state index in [4.69, 9.17) is 4.74 Å². The highest BCUT2D eigenvalue weighted by Crippen LogP contribution is 2.28. The maximum absolute atomic E-state index is 9.44. The van der Waals surface area contributed by atoms with Gasteiger partial charge in [-0.05, 0) is 19.9 Å². The fraction of sp³-hybridized carbons (Fsp3) is 0.467. The number of aromatic nitrogens is 4. The Morgan fingerprint density at radius 1 is 1.41 bits per heavy atom. The van der Waals surface area contributed by atoms with Crippen LogP contribution in [0.2, 0.25) is 0 Å². The van der Waals surface area contributed by atoms with Gasteiger partial charge < -0.3 is 14.2 Å². The zero-order chi connectivity index (χ0) is 15.7. The molecule has 0 amide bonds. The van der Waals surface area contributed by atoms with Gasteiger partial charge in [0.1, 0.15) is 18.5 Å². The van der Waals surface area contributed by atoms with Crippen molar-refractivity contribution < 1.29 is 4.74 Å². The van der Waals surface area contributed by atoms with Gasteiger partial charge in [0.2, 0.25) is 0 Å². The number of anilines is 1. The molecule has 3 heterocycles. The van der Waals surface area contributed by atoms with Crippen molar-refractivity contribution in [3.8, 4) is 6.07 Å². The summed E-state index contributed by atoms with van der Waals surface area (Å²) >= 11 is 0. The average molecular weight is 298 g/mol. The first-order valence-electron chi connectivity index (χ1n) is 7.19. The lowest BCUT2D eigenvalue weighted by atomic mass is 10.1. The second kappa shape index (κ2) is 5.73. The lowest BCUT2D eigenvalue weighted by Gasteiger charge is -2.34. The van der Waals surface area contributed by atoms with Crippen LogP contribution in [0.3, 0.4) is 0 Å². The number of rotatable bonds is 2. The molecule has 0 aromatic carbocycles. The fourth-order valence-corrected chi connectivity index (χ4v) is 2.80. The molecular formula is C15H18N6O. The molecule has 2 aromatic heterocycles. The van der Waals surface area contributed by atoms with Crippen molar-refractivity contribution in [2.24, 2.45) is 7.05 Å². The third-order valence-corrected chi connectivity index (χ3v) is 3.86. The van der Waals surface area contributed by atoms with Crippen LogP contribution >= 0.6 is 0 Å². The van der Waals surface area contributed by atoms with E-state index in [0.717, 1.165) is 29.4 Å². The predicted molar refractivity (Wildman–Crippen MR) is 80.3 cm³/mol. The summed E-state index contributed by atoms with van der Waals surface area (Å²) in [5.74, 6) is 0.797. The van der Waals surface area contributed by atoms with Crippen LogP contribution in [0.1, 0.15) is 28.9 Å². The summed E-state index contributed by atoms with van der Waals surface area (Å²) in [6.45, 7) is 5.78. The van der Waals surface area contributed by atoms with Crippen molar-refractivity contribution in [2.45, 2.75) is 20.0 Å². The van der Waals surface area contributed by atoms with E-state index in [1.54, 1.807) is 6.33 Å². The molecule has 1 fully saturated rings. The van der Waals surface area contributed by atoms with E-state index in [9.17, 15) is 5.26 Å². The molecule has 22 heavy (non-hydrogen) atoms. The maximum Gasteiger partial charge on any atom is 0.163 e. The molecule has 0 radical (unpaired) electrons. The lowest BCUT2D eigenvalue weighted by Crippen LogP contribution is -2.39. The summed E-state index contributed by atoms with van der Waals surface area (Å²) in [6.07, 6.45) is 1.51. The number of ether oxygens (including phenoxy) is 1. The van der Waals surface area contributed by atoms with Crippen LogP contribution in [0.5, 0.6) is 0 Å². The third kappa shape index (κ3) is 2.53. The Kier molecular flexibility index (Phi) is 3.77.